The third-order valence-electron chi connectivity index (χ3n) is 2.80. The maximum absolute atomic E-state index is 12.9. The standard InChI is InChI=1S/C14H15ClFNS/c1-9-3-6-14(18-9)10(2)17-8-11-4-5-12(16)7-13(11)15/h3-7,10,17H,8H2,1-2H3. The number of benzene rings is 1. The molecule has 1 nitrogen and oxygen atoms in total. The first kappa shape index (κ1) is 13.5. The Morgan fingerprint density at radius 2 is 2.11 bits per heavy atom. The van der Waals surface area contributed by atoms with Gasteiger partial charge in [-0.05, 0) is 43.7 Å². The molecule has 1 N–H and O–H groups in total. The van der Waals surface area contributed by atoms with Crippen molar-refractivity contribution in [1.82, 2.24) is 5.32 Å². The minimum atomic E-state index is -0.300. The summed E-state index contributed by atoms with van der Waals surface area (Å²) in [6, 6.07) is 9.01. The van der Waals surface area contributed by atoms with E-state index in [2.05, 4.69) is 31.3 Å². The Bertz CT molecular complexity index is 538. The fourth-order valence-electron chi connectivity index (χ4n) is 1.71. The van der Waals surface area contributed by atoms with Gasteiger partial charge in [0.15, 0.2) is 0 Å². The molecule has 0 saturated carbocycles. The van der Waals surface area contributed by atoms with Crippen LogP contribution in [0.15, 0.2) is 30.3 Å². The summed E-state index contributed by atoms with van der Waals surface area (Å²) in [6.07, 6.45) is 0. The second-order valence-electron chi connectivity index (χ2n) is 4.29. The first-order valence-corrected chi connectivity index (χ1v) is 6.99. The van der Waals surface area contributed by atoms with Crippen LogP contribution in [-0.4, -0.2) is 0 Å². The normalized spacial score (nSPS) is 12.7. The Morgan fingerprint density at radius 1 is 1.33 bits per heavy atom. The molecule has 1 heterocycles. The summed E-state index contributed by atoms with van der Waals surface area (Å²) in [7, 11) is 0. The van der Waals surface area contributed by atoms with Gasteiger partial charge in [-0.1, -0.05) is 17.7 Å². The topological polar surface area (TPSA) is 12.0 Å². The highest BCUT2D eigenvalue weighted by molar-refractivity contribution is 7.12. The Kier molecular flexibility index (Phi) is 4.38. The van der Waals surface area contributed by atoms with Crippen LogP contribution >= 0.6 is 22.9 Å². The summed E-state index contributed by atoms with van der Waals surface area (Å²) in [5, 5.41) is 3.86. The van der Waals surface area contributed by atoms with Crippen LogP contribution in [0.1, 0.15) is 28.3 Å². The van der Waals surface area contributed by atoms with Crippen LogP contribution < -0.4 is 5.32 Å². The second kappa shape index (κ2) is 5.83. The van der Waals surface area contributed by atoms with Crippen molar-refractivity contribution in [3.05, 3.63) is 56.5 Å². The maximum Gasteiger partial charge on any atom is 0.124 e. The van der Waals surface area contributed by atoms with Crippen LogP contribution in [0.25, 0.3) is 0 Å². The molecular weight excluding hydrogens is 269 g/mol. The molecule has 96 valence electrons. The molecule has 0 aliphatic carbocycles. The Labute approximate surface area is 116 Å². The van der Waals surface area contributed by atoms with E-state index in [9.17, 15) is 4.39 Å². The van der Waals surface area contributed by atoms with E-state index in [1.807, 2.05) is 0 Å². The molecule has 2 aromatic rings. The molecule has 0 radical (unpaired) electrons. The highest BCUT2D eigenvalue weighted by Gasteiger charge is 2.08. The fourth-order valence-corrected chi connectivity index (χ4v) is 2.85. The zero-order valence-electron chi connectivity index (χ0n) is 10.3. The molecule has 18 heavy (non-hydrogen) atoms. The summed E-state index contributed by atoms with van der Waals surface area (Å²) in [6.45, 7) is 4.84. The predicted molar refractivity (Wildman–Crippen MR) is 75.7 cm³/mol. The first-order chi connectivity index (χ1) is 8.56. The van der Waals surface area contributed by atoms with E-state index >= 15 is 0 Å². The van der Waals surface area contributed by atoms with Crippen molar-refractivity contribution in [1.29, 1.82) is 0 Å². The van der Waals surface area contributed by atoms with Gasteiger partial charge in [-0.15, -0.1) is 11.3 Å². The van der Waals surface area contributed by atoms with E-state index in [1.54, 1.807) is 17.4 Å². The van der Waals surface area contributed by atoms with Crippen molar-refractivity contribution in [2.24, 2.45) is 0 Å². The first-order valence-electron chi connectivity index (χ1n) is 5.80. The zero-order valence-corrected chi connectivity index (χ0v) is 11.9. The molecule has 2 rings (SSSR count). The van der Waals surface area contributed by atoms with E-state index in [4.69, 9.17) is 11.6 Å². The number of thiophene rings is 1. The van der Waals surface area contributed by atoms with Crippen molar-refractivity contribution in [2.75, 3.05) is 0 Å². The lowest BCUT2D eigenvalue weighted by Crippen LogP contribution is -2.17. The lowest BCUT2D eigenvalue weighted by molar-refractivity contribution is 0.580. The van der Waals surface area contributed by atoms with Gasteiger partial charge in [0.2, 0.25) is 0 Å². The zero-order chi connectivity index (χ0) is 13.1. The van der Waals surface area contributed by atoms with Gasteiger partial charge >= 0.3 is 0 Å². The van der Waals surface area contributed by atoms with Gasteiger partial charge < -0.3 is 5.32 Å². The molecule has 0 aliphatic heterocycles. The van der Waals surface area contributed by atoms with Crippen LogP contribution in [0.4, 0.5) is 4.39 Å². The van der Waals surface area contributed by atoms with Gasteiger partial charge in [0.25, 0.3) is 0 Å². The lowest BCUT2D eigenvalue weighted by atomic mass is 10.2. The number of nitrogens with one attached hydrogen (secondary N) is 1. The minimum absolute atomic E-state index is 0.268. The summed E-state index contributed by atoms with van der Waals surface area (Å²) >= 11 is 7.77. The Morgan fingerprint density at radius 3 is 2.72 bits per heavy atom. The molecular formula is C14H15ClFNS. The maximum atomic E-state index is 12.9. The number of hydrogen-bond acceptors (Lipinski definition) is 2. The summed E-state index contributed by atoms with van der Waals surface area (Å²) < 4.78 is 12.9. The average Bonchev–Trinajstić information content (AvgIpc) is 2.74. The van der Waals surface area contributed by atoms with E-state index in [-0.39, 0.29) is 11.9 Å². The number of rotatable bonds is 4. The summed E-state index contributed by atoms with van der Waals surface area (Å²) in [4.78, 5) is 2.60. The van der Waals surface area contributed by atoms with Crippen molar-refractivity contribution in [2.45, 2.75) is 26.4 Å². The Balaban J connectivity index is 1.99. The van der Waals surface area contributed by atoms with Crippen molar-refractivity contribution in [3.63, 3.8) is 0 Å². The van der Waals surface area contributed by atoms with Crippen LogP contribution in [0, 0.1) is 12.7 Å². The van der Waals surface area contributed by atoms with Crippen molar-refractivity contribution >= 4 is 22.9 Å². The summed E-state index contributed by atoms with van der Waals surface area (Å²) in [5.41, 5.74) is 0.915. The average molecular weight is 284 g/mol. The second-order valence-corrected chi connectivity index (χ2v) is 6.01. The number of hydrogen-bond donors (Lipinski definition) is 1. The quantitative estimate of drug-likeness (QED) is 0.858. The lowest BCUT2D eigenvalue weighted by Gasteiger charge is -2.13. The molecule has 0 fully saturated rings. The minimum Gasteiger partial charge on any atom is -0.305 e. The third kappa shape index (κ3) is 3.31. The van der Waals surface area contributed by atoms with Crippen LogP contribution in [-0.2, 0) is 6.54 Å². The fraction of sp³-hybridized carbons (Fsp3) is 0.286. The third-order valence-corrected chi connectivity index (χ3v) is 4.34. The van der Waals surface area contributed by atoms with Gasteiger partial charge in [0, 0.05) is 27.4 Å². The van der Waals surface area contributed by atoms with Gasteiger partial charge in [-0.3, -0.25) is 0 Å². The van der Waals surface area contributed by atoms with Gasteiger partial charge in [0.05, 0.1) is 0 Å². The Hall–Kier alpha value is -0.900. The number of halogens is 2. The highest BCUT2D eigenvalue weighted by Crippen LogP contribution is 2.23. The molecule has 1 unspecified atom stereocenters. The van der Waals surface area contributed by atoms with Crippen molar-refractivity contribution < 1.29 is 4.39 Å². The molecule has 0 bridgehead atoms. The van der Waals surface area contributed by atoms with E-state index < -0.39 is 0 Å². The molecule has 4 heteroatoms. The molecule has 0 aliphatic rings. The van der Waals surface area contributed by atoms with Gasteiger partial charge in [-0.25, -0.2) is 4.39 Å². The van der Waals surface area contributed by atoms with Gasteiger partial charge in [-0.2, -0.15) is 0 Å². The van der Waals surface area contributed by atoms with E-state index in [1.165, 1.54) is 21.9 Å². The predicted octanol–water partition coefficient (Wildman–Crippen LogP) is 4.70. The SMILES string of the molecule is Cc1ccc(C(C)NCc2ccc(F)cc2Cl)s1. The molecule has 1 aromatic heterocycles. The van der Waals surface area contributed by atoms with Crippen LogP contribution in [0.2, 0.25) is 5.02 Å². The monoisotopic (exact) mass is 283 g/mol. The van der Waals surface area contributed by atoms with E-state index in [0.717, 1.165) is 5.56 Å². The number of aryl methyl sites for hydroxylation is 1. The summed E-state index contributed by atoms with van der Waals surface area (Å²) in [5.74, 6) is -0.300. The van der Waals surface area contributed by atoms with Crippen molar-refractivity contribution in [3.8, 4) is 0 Å². The largest absolute Gasteiger partial charge is 0.305 e. The van der Waals surface area contributed by atoms with Crippen LogP contribution in [0.3, 0.4) is 0 Å². The smallest absolute Gasteiger partial charge is 0.124 e. The molecule has 1 aromatic carbocycles. The van der Waals surface area contributed by atoms with Gasteiger partial charge in [0.1, 0.15) is 5.82 Å². The van der Waals surface area contributed by atoms with Crippen LogP contribution in [0.5, 0.6) is 0 Å². The molecule has 0 spiro atoms. The molecule has 1 atom stereocenters. The molecule has 0 amide bonds. The highest BCUT2D eigenvalue weighted by atomic mass is 35.5. The molecule has 0 saturated heterocycles. The van der Waals surface area contributed by atoms with E-state index in [0.29, 0.717) is 11.6 Å².